The molecule has 0 spiro atoms. The molecule has 2 N–H and O–H groups in total. The predicted octanol–water partition coefficient (Wildman–Crippen LogP) is -0.313. The van der Waals surface area contributed by atoms with Crippen LogP contribution in [0.25, 0.3) is 0 Å². The molecule has 116 valence electrons. The van der Waals surface area contributed by atoms with E-state index in [4.69, 9.17) is 9.47 Å². The molecule has 0 aliphatic carbocycles. The van der Waals surface area contributed by atoms with Crippen LogP contribution in [-0.2, 0) is 19.1 Å². The molecule has 1 heterocycles. The van der Waals surface area contributed by atoms with Crippen LogP contribution in [0.1, 0.15) is 26.7 Å². The third-order valence-electron chi connectivity index (χ3n) is 3.49. The second-order valence-corrected chi connectivity index (χ2v) is 5.19. The number of aliphatic hydroxyl groups excluding tert-OH is 1. The van der Waals surface area contributed by atoms with E-state index in [9.17, 15) is 14.7 Å². The number of methoxy groups -OCH3 is 2. The number of hydrogen-bond acceptors (Lipinski definition) is 6. The quantitative estimate of drug-likeness (QED) is 0.515. The maximum absolute atomic E-state index is 12.6. The van der Waals surface area contributed by atoms with Gasteiger partial charge in [-0.05, 0) is 18.8 Å². The summed E-state index contributed by atoms with van der Waals surface area (Å²) in [5, 5.41) is 12.2. The zero-order valence-corrected chi connectivity index (χ0v) is 12.5. The number of likely N-dealkylation sites (tertiary alicyclic amines) is 1. The smallest absolute Gasteiger partial charge is 0.328 e. The van der Waals surface area contributed by atoms with E-state index in [0.29, 0.717) is 13.0 Å². The Labute approximate surface area is 119 Å². The van der Waals surface area contributed by atoms with Crippen molar-refractivity contribution in [2.45, 2.75) is 45.2 Å². The molecule has 7 nitrogen and oxygen atoms in total. The summed E-state index contributed by atoms with van der Waals surface area (Å²) in [7, 11) is 2.66. The predicted molar refractivity (Wildman–Crippen MR) is 71.5 cm³/mol. The van der Waals surface area contributed by atoms with Crippen molar-refractivity contribution in [3.05, 3.63) is 0 Å². The van der Waals surface area contributed by atoms with E-state index >= 15 is 0 Å². The van der Waals surface area contributed by atoms with E-state index in [1.807, 2.05) is 13.8 Å². The minimum Gasteiger partial charge on any atom is -0.467 e. The number of nitrogens with zero attached hydrogens (tertiary/aromatic N) is 1. The summed E-state index contributed by atoms with van der Waals surface area (Å²) in [6.45, 7) is 4.24. The van der Waals surface area contributed by atoms with Gasteiger partial charge in [0.2, 0.25) is 12.3 Å². The lowest BCUT2D eigenvalue weighted by Crippen LogP contribution is -2.55. The van der Waals surface area contributed by atoms with Crippen molar-refractivity contribution in [3.8, 4) is 0 Å². The van der Waals surface area contributed by atoms with Gasteiger partial charge in [0.25, 0.3) is 0 Å². The van der Waals surface area contributed by atoms with Crippen LogP contribution in [-0.4, -0.2) is 61.1 Å². The second kappa shape index (κ2) is 7.56. The molecule has 0 aromatic rings. The molecule has 1 saturated heterocycles. The van der Waals surface area contributed by atoms with E-state index in [2.05, 4.69) is 5.32 Å². The Kier molecular flexibility index (Phi) is 6.38. The molecular weight excluding hydrogens is 264 g/mol. The normalized spacial score (nSPS) is 21.9. The number of ether oxygens (including phenoxy) is 2. The number of esters is 1. The van der Waals surface area contributed by atoms with Crippen molar-refractivity contribution in [1.29, 1.82) is 0 Å². The SMILES string of the molecule is COC(=O)C1CCCN1C(=O)C(NC(O)OC)C(C)C. The first-order chi connectivity index (χ1) is 9.42. The van der Waals surface area contributed by atoms with Gasteiger partial charge < -0.3 is 19.5 Å². The van der Waals surface area contributed by atoms with Gasteiger partial charge in [-0.15, -0.1) is 0 Å². The third-order valence-corrected chi connectivity index (χ3v) is 3.49. The first-order valence-corrected chi connectivity index (χ1v) is 6.77. The molecule has 1 aliphatic heterocycles. The van der Waals surface area contributed by atoms with E-state index in [-0.39, 0.29) is 11.8 Å². The van der Waals surface area contributed by atoms with Crippen LogP contribution in [0.3, 0.4) is 0 Å². The number of carbonyl (C=O) groups excluding carboxylic acids is 2. The zero-order valence-electron chi connectivity index (χ0n) is 12.5. The van der Waals surface area contributed by atoms with Crippen molar-refractivity contribution >= 4 is 11.9 Å². The Hall–Kier alpha value is -1.18. The molecule has 0 bridgehead atoms. The Bertz CT molecular complexity index is 348. The highest BCUT2D eigenvalue weighted by atomic mass is 16.6. The number of nitrogens with one attached hydrogen (secondary N) is 1. The molecular formula is C13H24N2O5. The Morgan fingerprint density at radius 3 is 2.50 bits per heavy atom. The van der Waals surface area contributed by atoms with Crippen LogP contribution in [0.4, 0.5) is 0 Å². The van der Waals surface area contributed by atoms with Gasteiger partial charge in [-0.3, -0.25) is 10.1 Å². The molecule has 0 saturated carbocycles. The van der Waals surface area contributed by atoms with Crippen LogP contribution in [0, 0.1) is 5.92 Å². The van der Waals surface area contributed by atoms with Crippen LogP contribution >= 0.6 is 0 Å². The highest BCUT2D eigenvalue weighted by molar-refractivity contribution is 5.88. The van der Waals surface area contributed by atoms with Gasteiger partial charge in [-0.1, -0.05) is 13.8 Å². The number of rotatable bonds is 6. The Morgan fingerprint density at radius 2 is 2.00 bits per heavy atom. The van der Waals surface area contributed by atoms with Crippen LogP contribution in [0.5, 0.6) is 0 Å². The summed E-state index contributed by atoms with van der Waals surface area (Å²) < 4.78 is 9.45. The van der Waals surface area contributed by atoms with Crippen LogP contribution < -0.4 is 5.32 Å². The molecule has 20 heavy (non-hydrogen) atoms. The summed E-state index contributed by atoms with van der Waals surface area (Å²) in [6.07, 6.45) is 0.157. The van der Waals surface area contributed by atoms with Crippen molar-refractivity contribution in [3.63, 3.8) is 0 Å². The average Bonchev–Trinajstić information content (AvgIpc) is 2.91. The van der Waals surface area contributed by atoms with Crippen molar-refractivity contribution in [2.75, 3.05) is 20.8 Å². The number of hydrogen-bond donors (Lipinski definition) is 2. The topological polar surface area (TPSA) is 88.1 Å². The van der Waals surface area contributed by atoms with Crippen molar-refractivity contribution in [1.82, 2.24) is 10.2 Å². The van der Waals surface area contributed by atoms with Crippen molar-refractivity contribution < 1.29 is 24.2 Å². The monoisotopic (exact) mass is 288 g/mol. The maximum Gasteiger partial charge on any atom is 0.328 e. The third kappa shape index (κ3) is 3.91. The number of amides is 1. The number of carbonyl (C=O) groups is 2. The molecule has 1 fully saturated rings. The van der Waals surface area contributed by atoms with Gasteiger partial charge in [-0.25, -0.2) is 4.79 Å². The molecule has 1 amide bonds. The van der Waals surface area contributed by atoms with E-state index in [0.717, 1.165) is 6.42 Å². The number of aliphatic hydroxyl groups is 1. The van der Waals surface area contributed by atoms with Gasteiger partial charge in [-0.2, -0.15) is 0 Å². The van der Waals surface area contributed by atoms with Crippen LogP contribution in [0.2, 0.25) is 0 Å². The first-order valence-electron chi connectivity index (χ1n) is 6.77. The molecule has 3 unspecified atom stereocenters. The van der Waals surface area contributed by atoms with Crippen molar-refractivity contribution in [2.24, 2.45) is 5.92 Å². The van der Waals surface area contributed by atoms with Gasteiger partial charge >= 0.3 is 5.97 Å². The molecule has 0 aromatic heterocycles. The molecule has 0 aromatic carbocycles. The fourth-order valence-corrected chi connectivity index (χ4v) is 2.36. The fourth-order valence-electron chi connectivity index (χ4n) is 2.36. The molecule has 3 atom stereocenters. The molecule has 1 aliphatic rings. The summed E-state index contributed by atoms with van der Waals surface area (Å²) in [5.74, 6) is -0.666. The van der Waals surface area contributed by atoms with Gasteiger partial charge in [0.1, 0.15) is 6.04 Å². The zero-order chi connectivity index (χ0) is 15.3. The Morgan fingerprint density at radius 1 is 1.35 bits per heavy atom. The van der Waals surface area contributed by atoms with E-state index < -0.39 is 24.5 Å². The minimum atomic E-state index is -1.22. The first kappa shape index (κ1) is 16.9. The molecule has 1 rings (SSSR count). The summed E-state index contributed by atoms with van der Waals surface area (Å²) in [6, 6.07) is -1.15. The fraction of sp³-hybridized carbons (Fsp3) is 0.846. The summed E-state index contributed by atoms with van der Waals surface area (Å²) >= 11 is 0. The van der Waals surface area contributed by atoms with E-state index in [1.165, 1.54) is 19.1 Å². The average molecular weight is 288 g/mol. The minimum absolute atomic E-state index is 0.0498. The molecule has 0 radical (unpaired) electrons. The lowest BCUT2D eigenvalue weighted by atomic mass is 10.0. The van der Waals surface area contributed by atoms with Gasteiger partial charge in [0.05, 0.1) is 13.2 Å². The largest absolute Gasteiger partial charge is 0.467 e. The standard InChI is InChI=1S/C13H24N2O5/c1-8(2)10(14-13(18)20-4)11(16)15-7-5-6-9(15)12(17)19-3/h8-10,13-14,18H,5-7H2,1-4H3. The maximum atomic E-state index is 12.6. The van der Waals surface area contributed by atoms with Gasteiger partial charge in [0, 0.05) is 13.7 Å². The lowest BCUT2D eigenvalue weighted by molar-refractivity contribution is -0.154. The second-order valence-electron chi connectivity index (χ2n) is 5.19. The van der Waals surface area contributed by atoms with Gasteiger partial charge in [0.15, 0.2) is 0 Å². The summed E-state index contributed by atoms with van der Waals surface area (Å²) in [5.41, 5.74) is 0. The summed E-state index contributed by atoms with van der Waals surface area (Å²) in [4.78, 5) is 25.8. The lowest BCUT2D eigenvalue weighted by Gasteiger charge is -2.30. The highest BCUT2D eigenvalue weighted by Crippen LogP contribution is 2.21. The van der Waals surface area contributed by atoms with E-state index in [1.54, 1.807) is 0 Å². The molecule has 7 heteroatoms. The Balaban J connectivity index is 2.80. The van der Waals surface area contributed by atoms with Crippen LogP contribution in [0.15, 0.2) is 0 Å². The highest BCUT2D eigenvalue weighted by Gasteiger charge is 2.39.